The molecular weight excluding hydrogens is 416 g/mol. The summed E-state index contributed by atoms with van der Waals surface area (Å²) in [6.07, 6.45) is 10.6. The van der Waals surface area contributed by atoms with Gasteiger partial charge in [-0.25, -0.2) is 0 Å². The van der Waals surface area contributed by atoms with E-state index in [1.54, 1.807) is 0 Å². The molecule has 168 valence electrons. The van der Waals surface area contributed by atoms with Crippen LogP contribution in [0.3, 0.4) is 0 Å². The Balaban J connectivity index is 1.16. The highest BCUT2D eigenvalue weighted by Crippen LogP contribution is 2.87. The largest absolute Gasteiger partial charge is 0.366 e. The quantitative estimate of drug-likeness (QED) is 0.469. The van der Waals surface area contributed by atoms with E-state index in [1.165, 1.54) is 5.56 Å². The number of carbonyl (C=O) groups is 1. The molecule has 0 amide bonds. The second-order valence-corrected chi connectivity index (χ2v) is 12.6. The molecule has 12 rings (SSSR count). The lowest BCUT2D eigenvalue weighted by Gasteiger charge is -2.68. The first-order chi connectivity index (χ1) is 16.8. The van der Waals surface area contributed by atoms with Gasteiger partial charge >= 0.3 is 0 Å². The standard InChI is InChI=1S/C32H28O2/c33-30(16-7-3-1-4-8-16)26-25-24-22-20(15-11-13-18-19(14-12-15)21(18)22)23(24)27-28(26)32(29(25)31(27)34-32)17-9-5-2-6-10-17/h1-15,18-29,31H/t15?,18-,19+,20-,21?,22-,23+,24-,25-,26+,27+,28-,29-,31-,32?/m0/s1. The molecule has 10 bridgehead atoms. The number of benzene rings is 2. The van der Waals surface area contributed by atoms with E-state index in [1.807, 2.05) is 30.3 Å². The van der Waals surface area contributed by atoms with Gasteiger partial charge in [0.15, 0.2) is 5.78 Å². The Morgan fingerprint density at radius 2 is 1.29 bits per heavy atom. The monoisotopic (exact) mass is 444 g/mol. The van der Waals surface area contributed by atoms with Crippen LogP contribution >= 0.6 is 0 Å². The van der Waals surface area contributed by atoms with E-state index in [-0.39, 0.29) is 11.5 Å². The fourth-order valence-electron chi connectivity index (χ4n) is 11.5. The van der Waals surface area contributed by atoms with Gasteiger partial charge in [-0.05, 0) is 64.7 Å². The van der Waals surface area contributed by atoms with Crippen molar-refractivity contribution in [2.75, 3.05) is 0 Å². The topological polar surface area (TPSA) is 26.3 Å². The summed E-state index contributed by atoms with van der Waals surface area (Å²) in [7, 11) is 0. The number of allylic oxidation sites excluding steroid dienone is 4. The molecule has 7 fully saturated rings. The molecule has 2 heteroatoms. The Morgan fingerprint density at radius 3 is 2.03 bits per heavy atom. The minimum Gasteiger partial charge on any atom is -0.366 e. The Hall–Kier alpha value is -2.45. The van der Waals surface area contributed by atoms with Crippen LogP contribution in [0.15, 0.2) is 85.0 Å². The van der Waals surface area contributed by atoms with E-state index >= 15 is 0 Å². The van der Waals surface area contributed by atoms with Crippen molar-refractivity contribution in [1.82, 2.24) is 0 Å². The van der Waals surface area contributed by atoms with E-state index in [2.05, 4.69) is 54.6 Å². The third-order valence-electron chi connectivity index (χ3n) is 12.1. The highest BCUT2D eigenvalue weighted by molar-refractivity contribution is 5.99. The van der Waals surface area contributed by atoms with Crippen LogP contribution in [-0.4, -0.2) is 11.9 Å². The fraction of sp³-hybridized carbons (Fsp3) is 0.469. The number of ketones is 1. The number of hydrogen-bond donors (Lipinski definition) is 0. The minimum absolute atomic E-state index is 0.123. The molecule has 3 unspecified atom stereocenters. The SMILES string of the molecule is O=C(c1ccccc1)[C@@H]1[C@@H]2[C@H]3[C@@H]4C5[C@H]6C=CC(C=C[C@@H]56)[C@@H]4[C@H]3[C@H]3[C@@H]4OC(c5ccccc5)([C@H]42)[C@@H]13. The molecule has 2 aromatic rings. The van der Waals surface area contributed by atoms with Crippen molar-refractivity contribution in [2.24, 2.45) is 76.9 Å². The van der Waals surface area contributed by atoms with Crippen molar-refractivity contribution in [2.45, 2.75) is 11.7 Å². The molecule has 0 aromatic heterocycles. The van der Waals surface area contributed by atoms with Crippen LogP contribution in [0, 0.1) is 76.9 Å². The third kappa shape index (κ3) is 1.66. The third-order valence-corrected chi connectivity index (χ3v) is 12.1. The second kappa shape index (κ2) is 5.51. The molecule has 0 N–H and O–H groups in total. The zero-order valence-corrected chi connectivity index (χ0v) is 19.0. The number of ether oxygens (including phenoxy) is 1. The van der Waals surface area contributed by atoms with Gasteiger partial charge in [-0.1, -0.05) is 85.0 Å². The molecule has 1 aliphatic heterocycles. The maximum atomic E-state index is 14.2. The van der Waals surface area contributed by atoms with Crippen LogP contribution in [0.25, 0.3) is 0 Å². The van der Waals surface area contributed by atoms with Crippen LogP contribution in [0.5, 0.6) is 0 Å². The summed E-state index contributed by atoms with van der Waals surface area (Å²) in [5.74, 6) is 8.46. The molecule has 15 atom stereocenters. The summed E-state index contributed by atoms with van der Waals surface area (Å²) >= 11 is 0. The van der Waals surface area contributed by atoms with E-state index in [0.29, 0.717) is 41.5 Å². The van der Waals surface area contributed by atoms with Crippen molar-refractivity contribution in [3.8, 4) is 0 Å². The first-order valence-corrected chi connectivity index (χ1v) is 13.5. The van der Waals surface area contributed by atoms with Gasteiger partial charge in [-0.15, -0.1) is 0 Å². The molecule has 6 saturated carbocycles. The first-order valence-electron chi connectivity index (χ1n) is 13.5. The number of Topliss-reactive ketones (excluding diaryl/α,β-unsaturated/α-hetero) is 1. The average Bonchev–Trinajstić information content (AvgIpc) is 3.39. The van der Waals surface area contributed by atoms with Crippen molar-refractivity contribution in [3.05, 3.63) is 96.1 Å². The number of rotatable bonds is 3. The van der Waals surface area contributed by atoms with Crippen LogP contribution < -0.4 is 0 Å². The number of hydrogen-bond acceptors (Lipinski definition) is 2. The maximum Gasteiger partial charge on any atom is 0.166 e. The van der Waals surface area contributed by atoms with Crippen molar-refractivity contribution >= 4 is 5.78 Å². The average molecular weight is 445 g/mol. The first kappa shape index (κ1) is 17.9. The molecule has 1 heterocycles. The molecule has 0 spiro atoms. The van der Waals surface area contributed by atoms with Crippen LogP contribution in [0.1, 0.15) is 15.9 Å². The predicted molar refractivity (Wildman–Crippen MR) is 127 cm³/mol. The van der Waals surface area contributed by atoms with Crippen molar-refractivity contribution in [3.63, 3.8) is 0 Å². The molecule has 2 aromatic carbocycles. The van der Waals surface area contributed by atoms with Gasteiger partial charge in [-0.3, -0.25) is 4.79 Å². The molecule has 9 aliphatic carbocycles. The van der Waals surface area contributed by atoms with Gasteiger partial charge in [0.25, 0.3) is 0 Å². The van der Waals surface area contributed by atoms with Gasteiger partial charge in [0.1, 0.15) is 5.60 Å². The molecule has 1 saturated heterocycles. The smallest absolute Gasteiger partial charge is 0.166 e. The zero-order chi connectivity index (χ0) is 21.9. The Kier molecular flexibility index (Phi) is 2.90. The Labute approximate surface area is 200 Å². The summed E-state index contributed by atoms with van der Waals surface area (Å²) in [4.78, 5) is 14.2. The summed E-state index contributed by atoms with van der Waals surface area (Å²) in [6, 6.07) is 21.2. The summed E-state index contributed by atoms with van der Waals surface area (Å²) in [5.41, 5.74) is 2.02. The summed E-state index contributed by atoms with van der Waals surface area (Å²) in [5, 5.41) is 0. The van der Waals surface area contributed by atoms with Crippen molar-refractivity contribution < 1.29 is 9.53 Å². The lowest BCUT2D eigenvalue weighted by Crippen LogP contribution is -2.69. The van der Waals surface area contributed by atoms with Gasteiger partial charge < -0.3 is 4.74 Å². The lowest BCUT2D eigenvalue weighted by atomic mass is 9.36. The highest BCUT2D eigenvalue weighted by Gasteiger charge is 2.90. The van der Waals surface area contributed by atoms with E-state index in [0.717, 1.165) is 47.0 Å². The molecule has 0 radical (unpaired) electrons. The Bertz CT molecular complexity index is 1290. The lowest BCUT2D eigenvalue weighted by molar-refractivity contribution is -0.288. The highest BCUT2D eigenvalue weighted by atomic mass is 16.6. The second-order valence-electron chi connectivity index (χ2n) is 12.6. The van der Waals surface area contributed by atoms with Crippen LogP contribution in [0.2, 0.25) is 0 Å². The predicted octanol–water partition coefficient (Wildman–Crippen LogP) is 5.38. The van der Waals surface area contributed by atoms with Gasteiger partial charge in [0.2, 0.25) is 0 Å². The van der Waals surface area contributed by atoms with E-state index in [4.69, 9.17) is 4.74 Å². The number of carbonyl (C=O) groups excluding carboxylic acids is 1. The summed E-state index contributed by atoms with van der Waals surface area (Å²) in [6.45, 7) is 0. The van der Waals surface area contributed by atoms with Gasteiger partial charge in [-0.2, -0.15) is 0 Å². The molecule has 10 aliphatic rings. The van der Waals surface area contributed by atoms with Crippen molar-refractivity contribution in [1.29, 1.82) is 0 Å². The Morgan fingerprint density at radius 1 is 0.647 bits per heavy atom. The minimum atomic E-state index is -0.222. The molecule has 34 heavy (non-hydrogen) atoms. The fourth-order valence-corrected chi connectivity index (χ4v) is 11.5. The molecular formula is C32H28O2. The molecule has 2 nitrogen and oxygen atoms in total. The van der Waals surface area contributed by atoms with Gasteiger partial charge in [0, 0.05) is 23.3 Å². The van der Waals surface area contributed by atoms with E-state index in [9.17, 15) is 4.79 Å². The van der Waals surface area contributed by atoms with E-state index < -0.39 is 0 Å². The summed E-state index contributed by atoms with van der Waals surface area (Å²) < 4.78 is 6.95. The normalized spacial score (nSPS) is 56.7. The van der Waals surface area contributed by atoms with Crippen LogP contribution in [-0.2, 0) is 10.3 Å². The zero-order valence-electron chi connectivity index (χ0n) is 19.0. The maximum absolute atomic E-state index is 14.2. The van der Waals surface area contributed by atoms with Crippen LogP contribution in [0.4, 0.5) is 0 Å². The van der Waals surface area contributed by atoms with Gasteiger partial charge in [0.05, 0.1) is 6.10 Å².